The Balaban J connectivity index is 2.05. The van der Waals surface area contributed by atoms with E-state index in [0.717, 1.165) is 17.4 Å². The number of sulfonamides is 1. The molecule has 6 heteroatoms. The van der Waals surface area contributed by atoms with Crippen LogP contribution in [0, 0.1) is 12.7 Å². The summed E-state index contributed by atoms with van der Waals surface area (Å²) < 4.78 is 45.3. The third-order valence-corrected chi connectivity index (χ3v) is 4.88. The highest BCUT2D eigenvalue weighted by Crippen LogP contribution is 2.17. The number of ether oxygens (including phenoxy) is 1. The standard InChI is InChI=1S/C16H18FNO3S/c1-12-6-7-14(17)11-16(12)22(19,20)18-9-8-13-4-3-5-15(10-13)21-2/h3-7,10-11,18H,8-9H2,1-2H3. The van der Waals surface area contributed by atoms with Gasteiger partial charge in [0.1, 0.15) is 11.6 Å². The topological polar surface area (TPSA) is 55.4 Å². The van der Waals surface area contributed by atoms with Crippen molar-refractivity contribution in [2.24, 2.45) is 0 Å². The fourth-order valence-electron chi connectivity index (χ4n) is 2.10. The second kappa shape index (κ2) is 6.89. The minimum absolute atomic E-state index is 0.0295. The lowest BCUT2D eigenvalue weighted by atomic mass is 10.1. The van der Waals surface area contributed by atoms with Crippen LogP contribution in [-0.4, -0.2) is 22.1 Å². The molecule has 0 aromatic heterocycles. The molecular weight excluding hydrogens is 305 g/mol. The Morgan fingerprint density at radius 1 is 1.18 bits per heavy atom. The SMILES string of the molecule is COc1cccc(CCNS(=O)(=O)c2cc(F)ccc2C)c1. The lowest BCUT2D eigenvalue weighted by Gasteiger charge is -2.10. The molecule has 2 aromatic rings. The Hall–Kier alpha value is -1.92. The van der Waals surface area contributed by atoms with Gasteiger partial charge in [-0.1, -0.05) is 18.2 Å². The molecule has 0 amide bonds. The van der Waals surface area contributed by atoms with E-state index in [2.05, 4.69) is 4.72 Å². The van der Waals surface area contributed by atoms with Crippen LogP contribution in [0.4, 0.5) is 4.39 Å². The van der Waals surface area contributed by atoms with E-state index in [4.69, 9.17) is 4.74 Å². The van der Waals surface area contributed by atoms with Gasteiger partial charge in [-0.3, -0.25) is 0 Å². The minimum Gasteiger partial charge on any atom is -0.497 e. The first-order chi connectivity index (χ1) is 10.4. The van der Waals surface area contributed by atoms with Crippen LogP contribution in [0.25, 0.3) is 0 Å². The monoisotopic (exact) mass is 323 g/mol. The molecule has 0 aliphatic heterocycles. The maximum Gasteiger partial charge on any atom is 0.240 e. The van der Waals surface area contributed by atoms with E-state index in [-0.39, 0.29) is 11.4 Å². The van der Waals surface area contributed by atoms with Crippen LogP contribution < -0.4 is 9.46 Å². The van der Waals surface area contributed by atoms with Crippen molar-refractivity contribution in [3.8, 4) is 5.75 Å². The van der Waals surface area contributed by atoms with Crippen molar-refractivity contribution in [3.05, 3.63) is 59.4 Å². The molecule has 0 heterocycles. The number of rotatable bonds is 6. The molecule has 2 rings (SSSR count). The molecular formula is C16H18FNO3S. The van der Waals surface area contributed by atoms with Gasteiger partial charge in [-0.2, -0.15) is 0 Å². The summed E-state index contributed by atoms with van der Waals surface area (Å²) in [4.78, 5) is -0.0295. The lowest BCUT2D eigenvalue weighted by Crippen LogP contribution is -2.26. The van der Waals surface area contributed by atoms with Gasteiger partial charge in [0.2, 0.25) is 10.0 Å². The van der Waals surface area contributed by atoms with Gasteiger partial charge in [0.05, 0.1) is 12.0 Å². The maximum atomic E-state index is 13.2. The summed E-state index contributed by atoms with van der Waals surface area (Å²) in [7, 11) is -2.14. The summed E-state index contributed by atoms with van der Waals surface area (Å²) in [5.41, 5.74) is 1.47. The third-order valence-electron chi connectivity index (χ3n) is 3.28. The second-order valence-electron chi connectivity index (χ2n) is 4.91. The van der Waals surface area contributed by atoms with E-state index in [0.29, 0.717) is 12.0 Å². The van der Waals surface area contributed by atoms with Crippen LogP contribution in [0.15, 0.2) is 47.4 Å². The third kappa shape index (κ3) is 4.05. The molecule has 4 nitrogen and oxygen atoms in total. The van der Waals surface area contributed by atoms with Gasteiger partial charge < -0.3 is 4.74 Å². The highest BCUT2D eigenvalue weighted by Gasteiger charge is 2.17. The molecule has 0 saturated carbocycles. The number of halogens is 1. The summed E-state index contributed by atoms with van der Waals surface area (Å²) in [6.45, 7) is 1.86. The fourth-order valence-corrected chi connectivity index (χ4v) is 3.38. The number of aryl methyl sites for hydroxylation is 1. The summed E-state index contributed by atoms with van der Waals surface area (Å²) in [5, 5.41) is 0. The Labute approximate surface area is 130 Å². The molecule has 1 N–H and O–H groups in total. The highest BCUT2D eigenvalue weighted by atomic mass is 32.2. The van der Waals surface area contributed by atoms with E-state index in [1.54, 1.807) is 14.0 Å². The molecule has 0 radical (unpaired) electrons. The van der Waals surface area contributed by atoms with Crippen molar-refractivity contribution in [1.29, 1.82) is 0 Å². The second-order valence-corrected chi connectivity index (χ2v) is 6.64. The van der Waals surface area contributed by atoms with Crippen molar-refractivity contribution >= 4 is 10.0 Å². The van der Waals surface area contributed by atoms with Crippen LogP contribution in [0.3, 0.4) is 0 Å². The molecule has 0 unspecified atom stereocenters. The Morgan fingerprint density at radius 3 is 2.68 bits per heavy atom. The number of nitrogens with one attached hydrogen (secondary N) is 1. The molecule has 0 spiro atoms. The number of methoxy groups -OCH3 is 1. The van der Waals surface area contributed by atoms with Gasteiger partial charge in [-0.05, 0) is 48.7 Å². The van der Waals surface area contributed by atoms with Gasteiger partial charge in [-0.25, -0.2) is 17.5 Å². The summed E-state index contributed by atoms with van der Waals surface area (Å²) in [5.74, 6) is 0.153. The van der Waals surface area contributed by atoms with Gasteiger partial charge in [0.25, 0.3) is 0 Å². The predicted molar refractivity (Wildman–Crippen MR) is 83.0 cm³/mol. The number of hydrogen-bond acceptors (Lipinski definition) is 3. The normalized spacial score (nSPS) is 11.4. The van der Waals surface area contributed by atoms with E-state index in [1.165, 1.54) is 12.1 Å². The van der Waals surface area contributed by atoms with Crippen molar-refractivity contribution in [1.82, 2.24) is 4.72 Å². The first kappa shape index (κ1) is 16.5. The summed E-state index contributed by atoms with van der Waals surface area (Å²) >= 11 is 0. The zero-order chi connectivity index (χ0) is 16.2. The Bertz CT molecular complexity index is 760. The van der Waals surface area contributed by atoms with Crippen molar-refractivity contribution in [2.45, 2.75) is 18.2 Å². The first-order valence-corrected chi connectivity index (χ1v) is 8.29. The van der Waals surface area contributed by atoms with Crippen molar-refractivity contribution < 1.29 is 17.5 Å². The van der Waals surface area contributed by atoms with Crippen LogP contribution in [0.5, 0.6) is 5.75 Å². The van der Waals surface area contributed by atoms with Gasteiger partial charge in [-0.15, -0.1) is 0 Å². The van der Waals surface area contributed by atoms with Crippen LogP contribution in [0.2, 0.25) is 0 Å². The maximum absolute atomic E-state index is 13.2. The molecule has 0 aliphatic carbocycles. The highest BCUT2D eigenvalue weighted by molar-refractivity contribution is 7.89. The van der Waals surface area contributed by atoms with E-state index < -0.39 is 15.8 Å². The van der Waals surface area contributed by atoms with Crippen LogP contribution in [0.1, 0.15) is 11.1 Å². The van der Waals surface area contributed by atoms with Gasteiger partial charge in [0.15, 0.2) is 0 Å². The average Bonchev–Trinajstić information content (AvgIpc) is 2.49. The molecule has 0 bridgehead atoms. The minimum atomic E-state index is -3.72. The smallest absolute Gasteiger partial charge is 0.240 e. The van der Waals surface area contributed by atoms with E-state index in [1.807, 2.05) is 24.3 Å². The van der Waals surface area contributed by atoms with E-state index >= 15 is 0 Å². The van der Waals surface area contributed by atoms with Crippen molar-refractivity contribution in [2.75, 3.05) is 13.7 Å². The van der Waals surface area contributed by atoms with Gasteiger partial charge in [0, 0.05) is 6.54 Å². The Kier molecular flexibility index (Phi) is 5.15. The molecule has 0 aliphatic rings. The summed E-state index contributed by atoms with van der Waals surface area (Å²) in [6.07, 6.45) is 0.519. The van der Waals surface area contributed by atoms with E-state index in [9.17, 15) is 12.8 Å². The molecule has 22 heavy (non-hydrogen) atoms. The average molecular weight is 323 g/mol. The lowest BCUT2D eigenvalue weighted by molar-refractivity contribution is 0.414. The molecule has 118 valence electrons. The predicted octanol–water partition coefficient (Wildman–Crippen LogP) is 2.66. The Morgan fingerprint density at radius 2 is 1.95 bits per heavy atom. The fraction of sp³-hybridized carbons (Fsp3) is 0.250. The molecule has 0 fully saturated rings. The quantitative estimate of drug-likeness (QED) is 0.889. The molecule has 0 atom stereocenters. The zero-order valence-corrected chi connectivity index (χ0v) is 13.3. The largest absolute Gasteiger partial charge is 0.497 e. The number of benzene rings is 2. The number of hydrogen-bond donors (Lipinski definition) is 1. The molecule has 2 aromatic carbocycles. The van der Waals surface area contributed by atoms with Crippen LogP contribution >= 0.6 is 0 Å². The zero-order valence-electron chi connectivity index (χ0n) is 12.5. The van der Waals surface area contributed by atoms with Gasteiger partial charge >= 0.3 is 0 Å². The van der Waals surface area contributed by atoms with Crippen molar-refractivity contribution in [3.63, 3.8) is 0 Å². The summed E-state index contributed by atoms with van der Waals surface area (Å²) in [6, 6.07) is 11.1. The van der Waals surface area contributed by atoms with Crippen LogP contribution in [-0.2, 0) is 16.4 Å². The first-order valence-electron chi connectivity index (χ1n) is 6.81. The molecule has 0 saturated heterocycles.